The molecule has 2 nitrogen and oxygen atoms in total. The van der Waals surface area contributed by atoms with Gasteiger partial charge in [0.25, 0.3) is 0 Å². The van der Waals surface area contributed by atoms with Crippen LogP contribution in [0.4, 0.5) is 0 Å². The van der Waals surface area contributed by atoms with E-state index in [1.165, 1.54) is 5.56 Å². The number of aryl methyl sites for hydroxylation is 1. The summed E-state index contributed by atoms with van der Waals surface area (Å²) in [6.07, 6.45) is 0.964. The normalized spacial score (nSPS) is 11.5. The summed E-state index contributed by atoms with van der Waals surface area (Å²) in [4.78, 5) is 16.2. The van der Waals surface area contributed by atoms with E-state index >= 15 is 0 Å². The van der Waals surface area contributed by atoms with Gasteiger partial charge in [0.05, 0.1) is 11.0 Å². The maximum Gasteiger partial charge on any atom is 0.197 e. The van der Waals surface area contributed by atoms with Crippen LogP contribution in [0, 0.1) is 0 Å². The van der Waals surface area contributed by atoms with E-state index in [-0.39, 0.29) is 5.43 Å². The predicted molar refractivity (Wildman–Crippen MR) is 89.0 cm³/mol. The van der Waals surface area contributed by atoms with Gasteiger partial charge < -0.3 is 4.98 Å². The van der Waals surface area contributed by atoms with Crippen LogP contribution in [0.3, 0.4) is 0 Å². The van der Waals surface area contributed by atoms with Crippen molar-refractivity contribution in [3.63, 3.8) is 0 Å². The van der Waals surface area contributed by atoms with Gasteiger partial charge in [0.15, 0.2) is 5.43 Å². The summed E-state index contributed by atoms with van der Waals surface area (Å²) in [5.41, 5.74) is 3.19. The van der Waals surface area contributed by atoms with Crippen LogP contribution in [0.25, 0.3) is 32.6 Å². The average Bonchev–Trinajstić information content (AvgIpc) is 2.54. The molecule has 0 saturated heterocycles. The third-order valence-corrected chi connectivity index (χ3v) is 4.17. The number of aromatic amines is 1. The van der Waals surface area contributed by atoms with E-state index < -0.39 is 0 Å². The fourth-order valence-electron chi connectivity index (χ4n) is 2.99. The molecule has 1 N–H and O–H groups in total. The minimum absolute atomic E-state index is 0.104. The highest BCUT2D eigenvalue weighted by Gasteiger charge is 2.08. The lowest BCUT2D eigenvalue weighted by Crippen LogP contribution is -2.04. The van der Waals surface area contributed by atoms with Crippen LogP contribution in [0.1, 0.15) is 12.5 Å². The summed E-state index contributed by atoms with van der Waals surface area (Å²) >= 11 is 0. The molecule has 3 aromatic carbocycles. The molecule has 21 heavy (non-hydrogen) atoms. The van der Waals surface area contributed by atoms with E-state index in [9.17, 15) is 4.79 Å². The third-order valence-electron chi connectivity index (χ3n) is 4.17. The smallest absolute Gasteiger partial charge is 0.197 e. The molecule has 0 bridgehead atoms. The summed E-state index contributed by atoms with van der Waals surface area (Å²) in [5, 5.41) is 3.75. The van der Waals surface area contributed by atoms with E-state index in [2.05, 4.69) is 30.1 Å². The fraction of sp³-hybridized carbons (Fsp3) is 0.105. The minimum Gasteiger partial charge on any atom is -0.354 e. The molecule has 0 atom stereocenters. The summed E-state index contributed by atoms with van der Waals surface area (Å²) in [5.74, 6) is 0. The molecule has 0 saturated carbocycles. The Bertz CT molecular complexity index is 1040. The second-order valence-corrected chi connectivity index (χ2v) is 5.40. The Labute approximate surface area is 122 Å². The first-order valence-corrected chi connectivity index (χ1v) is 7.24. The second-order valence-electron chi connectivity index (χ2n) is 5.40. The van der Waals surface area contributed by atoms with Gasteiger partial charge in [0, 0.05) is 16.2 Å². The predicted octanol–water partition coefficient (Wildman–Crippen LogP) is 4.40. The minimum atomic E-state index is 0.104. The van der Waals surface area contributed by atoms with Crippen molar-refractivity contribution < 1.29 is 0 Å². The SMILES string of the molecule is CCc1ccc2c(=O)c3ccc4ccccc4c3[nH]c2c1. The van der Waals surface area contributed by atoms with Crippen LogP contribution in [0.15, 0.2) is 59.4 Å². The molecule has 2 heteroatoms. The molecule has 0 aliphatic heterocycles. The summed E-state index contributed by atoms with van der Waals surface area (Å²) in [6, 6.07) is 18.1. The lowest BCUT2D eigenvalue weighted by atomic mass is 10.0. The Hall–Kier alpha value is -2.61. The quantitative estimate of drug-likeness (QED) is 0.405. The zero-order chi connectivity index (χ0) is 14.4. The molecule has 0 fully saturated rings. The Morgan fingerprint density at radius 3 is 2.57 bits per heavy atom. The zero-order valence-electron chi connectivity index (χ0n) is 11.8. The Balaban J connectivity index is 2.25. The Morgan fingerprint density at radius 2 is 1.71 bits per heavy atom. The molecule has 0 aliphatic carbocycles. The summed E-state index contributed by atoms with van der Waals surface area (Å²) in [7, 11) is 0. The van der Waals surface area contributed by atoms with E-state index in [0.717, 1.165) is 39.0 Å². The Kier molecular flexibility index (Phi) is 2.58. The number of aromatic nitrogens is 1. The molecule has 4 aromatic rings. The molecule has 102 valence electrons. The first kappa shape index (κ1) is 12.2. The van der Waals surface area contributed by atoms with Gasteiger partial charge in [-0.2, -0.15) is 0 Å². The molecular weight excluding hydrogens is 258 g/mol. The molecule has 0 radical (unpaired) electrons. The van der Waals surface area contributed by atoms with E-state index in [0.29, 0.717) is 0 Å². The fourth-order valence-corrected chi connectivity index (χ4v) is 2.99. The van der Waals surface area contributed by atoms with Gasteiger partial charge >= 0.3 is 0 Å². The number of rotatable bonds is 1. The van der Waals surface area contributed by atoms with Gasteiger partial charge in [-0.3, -0.25) is 4.79 Å². The first-order valence-electron chi connectivity index (χ1n) is 7.24. The molecule has 0 amide bonds. The van der Waals surface area contributed by atoms with Crippen molar-refractivity contribution in [1.82, 2.24) is 4.98 Å². The number of H-pyrrole nitrogens is 1. The van der Waals surface area contributed by atoms with Crippen molar-refractivity contribution in [3.8, 4) is 0 Å². The van der Waals surface area contributed by atoms with Gasteiger partial charge in [-0.05, 0) is 35.6 Å². The monoisotopic (exact) mass is 273 g/mol. The number of fused-ring (bicyclic) bond motifs is 4. The molecule has 4 rings (SSSR count). The standard InChI is InChI=1S/C19H15NO/c1-2-12-7-9-15-17(11-12)20-18-14-6-4-3-5-13(14)8-10-16(18)19(15)21/h3-11H,2H2,1H3,(H,20,21). The van der Waals surface area contributed by atoms with Crippen molar-refractivity contribution in [2.45, 2.75) is 13.3 Å². The van der Waals surface area contributed by atoms with Crippen molar-refractivity contribution in [2.75, 3.05) is 0 Å². The molecule has 0 spiro atoms. The highest BCUT2D eigenvalue weighted by atomic mass is 16.1. The molecule has 1 aromatic heterocycles. The molecule has 0 aliphatic rings. The van der Waals surface area contributed by atoms with E-state index in [1.807, 2.05) is 36.4 Å². The van der Waals surface area contributed by atoms with E-state index in [1.54, 1.807) is 0 Å². The number of benzene rings is 3. The highest BCUT2D eigenvalue weighted by molar-refractivity contribution is 6.08. The van der Waals surface area contributed by atoms with Crippen molar-refractivity contribution >= 4 is 32.6 Å². The molecule has 1 heterocycles. The van der Waals surface area contributed by atoms with Crippen molar-refractivity contribution in [1.29, 1.82) is 0 Å². The van der Waals surface area contributed by atoms with Gasteiger partial charge in [-0.1, -0.05) is 43.3 Å². The zero-order valence-corrected chi connectivity index (χ0v) is 11.8. The lowest BCUT2D eigenvalue weighted by Gasteiger charge is -2.07. The number of hydrogen-bond acceptors (Lipinski definition) is 1. The maximum absolute atomic E-state index is 12.7. The Morgan fingerprint density at radius 1 is 0.905 bits per heavy atom. The first-order chi connectivity index (χ1) is 10.3. The summed E-state index contributed by atoms with van der Waals surface area (Å²) < 4.78 is 0. The van der Waals surface area contributed by atoms with Crippen LogP contribution >= 0.6 is 0 Å². The topological polar surface area (TPSA) is 32.9 Å². The van der Waals surface area contributed by atoms with Crippen molar-refractivity contribution in [2.24, 2.45) is 0 Å². The number of pyridine rings is 1. The van der Waals surface area contributed by atoms with Crippen LogP contribution < -0.4 is 5.43 Å². The van der Waals surface area contributed by atoms with Gasteiger partial charge in [0.1, 0.15) is 0 Å². The molecule has 0 unspecified atom stereocenters. The second kappa shape index (κ2) is 4.45. The van der Waals surface area contributed by atoms with Crippen LogP contribution in [0.5, 0.6) is 0 Å². The maximum atomic E-state index is 12.7. The number of nitrogens with one attached hydrogen (secondary N) is 1. The number of hydrogen-bond donors (Lipinski definition) is 1. The molecular formula is C19H15NO. The van der Waals surface area contributed by atoms with Crippen LogP contribution in [-0.4, -0.2) is 4.98 Å². The summed E-state index contributed by atoms with van der Waals surface area (Å²) in [6.45, 7) is 2.12. The van der Waals surface area contributed by atoms with Crippen LogP contribution in [-0.2, 0) is 6.42 Å². The average molecular weight is 273 g/mol. The van der Waals surface area contributed by atoms with Gasteiger partial charge in [-0.15, -0.1) is 0 Å². The lowest BCUT2D eigenvalue weighted by molar-refractivity contribution is 1.14. The van der Waals surface area contributed by atoms with Crippen LogP contribution in [0.2, 0.25) is 0 Å². The largest absolute Gasteiger partial charge is 0.354 e. The van der Waals surface area contributed by atoms with Gasteiger partial charge in [-0.25, -0.2) is 0 Å². The van der Waals surface area contributed by atoms with Gasteiger partial charge in [0.2, 0.25) is 0 Å². The highest BCUT2D eigenvalue weighted by Crippen LogP contribution is 2.24. The van der Waals surface area contributed by atoms with Crippen molar-refractivity contribution in [3.05, 3.63) is 70.4 Å². The van der Waals surface area contributed by atoms with E-state index in [4.69, 9.17) is 0 Å². The third kappa shape index (κ3) is 1.76.